The summed E-state index contributed by atoms with van der Waals surface area (Å²) in [5, 5.41) is 15.0. The molecule has 0 aliphatic rings. The zero-order chi connectivity index (χ0) is 23.5. The molecule has 0 saturated heterocycles. The van der Waals surface area contributed by atoms with Gasteiger partial charge in [0.2, 0.25) is 21.1 Å². The third-order valence-corrected chi connectivity index (χ3v) is 7.38. The number of hydrogen-bond donors (Lipinski definition) is 1. The highest BCUT2D eigenvalue weighted by Crippen LogP contribution is 2.29. The molecule has 0 fully saturated rings. The Labute approximate surface area is 191 Å². The monoisotopic (exact) mass is 476 g/mol. The van der Waals surface area contributed by atoms with Crippen LogP contribution in [-0.2, 0) is 14.8 Å². The van der Waals surface area contributed by atoms with Gasteiger partial charge in [-0.05, 0) is 53.6 Å². The minimum absolute atomic E-state index is 0.0130. The second kappa shape index (κ2) is 9.67. The Balaban J connectivity index is 1.78. The standard InChI is InChI=1S/C20H24N6O4S2/c1-13-7-6-8-14(2)19(13)26-20(22-23-24-26)31-12-18(27)21-16-11-15(9-10-17(16)30-5)32(28,29)25(3)4/h6-11H,12H2,1-5H3,(H,21,27). The number of carbonyl (C=O) groups excluding carboxylic acids is 1. The molecular formula is C20H24N6O4S2. The van der Waals surface area contributed by atoms with Crippen molar-refractivity contribution in [1.29, 1.82) is 0 Å². The van der Waals surface area contributed by atoms with Gasteiger partial charge in [-0.3, -0.25) is 4.79 Å². The van der Waals surface area contributed by atoms with Gasteiger partial charge in [0.1, 0.15) is 5.75 Å². The van der Waals surface area contributed by atoms with Crippen molar-refractivity contribution in [2.24, 2.45) is 0 Å². The zero-order valence-electron chi connectivity index (χ0n) is 18.4. The molecule has 0 aliphatic heterocycles. The molecule has 170 valence electrons. The molecule has 0 spiro atoms. The maximum Gasteiger partial charge on any atom is 0.242 e. The second-order valence-electron chi connectivity index (χ2n) is 7.10. The molecule has 1 aromatic heterocycles. The molecule has 0 unspecified atom stereocenters. The molecule has 1 N–H and O–H groups in total. The summed E-state index contributed by atoms with van der Waals surface area (Å²) < 4.78 is 32.8. The summed E-state index contributed by atoms with van der Waals surface area (Å²) in [6.45, 7) is 3.93. The predicted molar refractivity (Wildman–Crippen MR) is 122 cm³/mol. The minimum atomic E-state index is -3.66. The fourth-order valence-electron chi connectivity index (χ4n) is 3.02. The maximum atomic E-state index is 12.6. The van der Waals surface area contributed by atoms with E-state index in [9.17, 15) is 13.2 Å². The average molecular weight is 477 g/mol. The van der Waals surface area contributed by atoms with Gasteiger partial charge in [0.05, 0.1) is 29.1 Å². The van der Waals surface area contributed by atoms with Gasteiger partial charge in [0.25, 0.3) is 0 Å². The third kappa shape index (κ3) is 4.92. The van der Waals surface area contributed by atoms with E-state index in [0.717, 1.165) is 21.1 Å². The van der Waals surface area contributed by atoms with Gasteiger partial charge in [0, 0.05) is 14.1 Å². The van der Waals surface area contributed by atoms with Crippen LogP contribution in [0.3, 0.4) is 0 Å². The number of thioether (sulfide) groups is 1. The molecule has 0 atom stereocenters. The van der Waals surface area contributed by atoms with E-state index in [-0.39, 0.29) is 22.2 Å². The SMILES string of the molecule is COc1ccc(S(=O)(=O)N(C)C)cc1NC(=O)CSc1nnnn1-c1c(C)cccc1C. The van der Waals surface area contributed by atoms with Crippen LogP contribution in [0.5, 0.6) is 5.75 Å². The van der Waals surface area contributed by atoms with Crippen LogP contribution in [0, 0.1) is 13.8 Å². The van der Waals surface area contributed by atoms with Gasteiger partial charge in [-0.1, -0.05) is 30.0 Å². The van der Waals surface area contributed by atoms with E-state index >= 15 is 0 Å². The summed E-state index contributed by atoms with van der Waals surface area (Å²) in [5.74, 6) is 0.00392. The van der Waals surface area contributed by atoms with Gasteiger partial charge >= 0.3 is 0 Å². The first-order valence-electron chi connectivity index (χ1n) is 9.53. The van der Waals surface area contributed by atoms with E-state index in [0.29, 0.717) is 10.9 Å². The lowest BCUT2D eigenvalue weighted by Gasteiger charge is -2.15. The van der Waals surface area contributed by atoms with Crippen LogP contribution >= 0.6 is 11.8 Å². The van der Waals surface area contributed by atoms with Crippen LogP contribution in [0.25, 0.3) is 5.69 Å². The number of benzene rings is 2. The number of carbonyl (C=O) groups is 1. The van der Waals surface area contributed by atoms with E-state index < -0.39 is 10.0 Å². The minimum Gasteiger partial charge on any atom is -0.495 e. The summed E-state index contributed by atoms with van der Waals surface area (Å²) in [7, 11) is 0.661. The number of hydrogen-bond acceptors (Lipinski definition) is 8. The Bertz CT molecular complexity index is 1220. The van der Waals surface area contributed by atoms with Crippen molar-refractivity contribution in [3.05, 3.63) is 47.5 Å². The first-order chi connectivity index (χ1) is 15.1. The fourth-order valence-corrected chi connectivity index (χ4v) is 4.63. The molecule has 0 bridgehead atoms. The Morgan fingerprint density at radius 2 is 1.88 bits per heavy atom. The van der Waals surface area contributed by atoms with E-state index in [1.165, 1.54) is 51.2 Å². The zero-order valence-corrected chi connectivity index (χ0v) is 20.0. The van der Waals surface area contributed by atoms with Crippen LogP contribution in [0.4, 0.5) is 5.69 Å². The summed E-state index contributed by atoms with van der Waals surface area (Å²) in [4.78, 5) is 12.7. The van der Waals surface area contributed by atoms with Crippen LogP contribution in [-0.4, -0.2) is 65.8 Å². The number of methoxy groups -OCH3 is 1. The highest BCUT2D eigenvalue weighted by atomic mass is 32.2. The van der Waals surface area contributed by atoms with E-state index in [4.69, 9.17) is 4.74 Å². The number of nitrogens with zero attached hydrogens (tertiary/aromatic N) is 5. The Kier molecular flexibility index (Phi) is 7.16. The van der Waals surface area contributed by atoms with Crippen molar-refractivity contribution in [3.8, 4) is 11.4 Å². The molecule has 0 aliphatic carbocycles. The summed E-state index contributed by atoms with van der Waals surface area (Å²) in [5.41, 5.74) is 3.14. The smallest absolute Gasteiger partial charge is 0.242 e. The molecule has 3 rings (SSSR count). The number of rotatable bonds is 8. The van der Waals surface area contributed by atoms with Crippen LogP contribution in [0.2, 0.25) is 0 Å². The molecule has 1 amide bonds. The van der Waals surface area contributed by atoms with Crippen molar-refractivity contribution in [2.75, 3.05) is 32.3 Å². The van der Waals surface area contributed by atoms with Crippen molar-refractivity contribution in [1.82, 2.24) is 24.5 Å². The third-order valence-electron chi connectivity index (χ3n) is 4.65. The van der Waals surface area contributed by atoms with Crippen molar-refractivity contribution in [2.45, 2.75) is 23.9 Å². The lowest BCUT2D eigenvalue weighted by atomic mass is 10.1. The number of aromatic nitrogens is 4. The first-order valence-corrected chi connectivity index (χ1v) is 12.0. The van der Waals surface area contributed by atoms with E-state index in [1.807, 2.05) is 32.0 Å². The fraction of sp³-hybridized carbons (Fsp3) is 0.300. The van der Waals surface area contributed by atoms with Gasteiger partial charge in [0.15, 0.2) is 0 Å². The van der Waals surface area contributed by atoms with Crippen molar-refractivity contribution in [3.63, 3.8) is 0 Å². The molecule has 3 aromatic rings. The molecule has 10 nitrogen and oxygen atoms in total. The number of sulfonamides is 1. The number of para-hydroxylation sites is 1. The van der Waals surface area contributed by atoms with Gasteiger partial charge in [-0.2, -0.15) is 4.68 Å². The molecule has 0 saturated carbocycles. The largest absolute Gasteiger partial charge is 0.495 e. The number of aryl methyl sites for hydroxylation is 2. The van der Waals surface area contributed by atoms with E-state index in [2.05, 4.69) is 20.8 Å². The molecule has 32 heavy (non-hydrogen) atoms. The number of amides is 1. The molecule has 1 heterocycles. The molecule has 12 heteroatoms. The lowest BCUT2D eigenvalue weighted by Crippen LogP contribution is -2.22. The van der Waals surface area contributed by atoms with Crippen LogP contribution in [0.15, 0.2) is 46.5 Å². The quantitative estimate of drug-likeness (QED) is 0.492. The second-order valence-corrected chi connectivity index (χ2v) is 10.2. The van der Waals surface area contributed by atoms with Crippen LogP contribution in [0.1, 0.15) is 11.1 Å². The van der Waals surface area contributed by atoms with Crippen molar-refractivity contribution >= 4 is 33.4 Å². The Morgan fingerprint density at radius 1 is 1.19 bits per heavy atom. The summed E-state index contributed by atoms with van der Waals surface area (Å²) in [6, 6.07) is 10.2. The number of anilines is 1. The lowest BCUT2D eigenvalue weighted by molar-refractivity contribution is -0.113. The number of ether oxygens (including phenoxy) is 1. The van der Waals surface area contributed by atoms with Gasteiger partial charge < -0.3 is 10.1 Å². The number of tetrazole rings is 1. The van der Waals surface area contributed by atoms with Gasteiger partial charge in [-0.25, -0.2) is 12.7 Å². The summed E-state index contributed by atoms with van der Waals surface area (Å²) in [6.07, 6.45) is 0. The van der Waals surface area contributed by atoms with Crippen molar-refractivity contribution < 1.29 is 17.9 Å². The Morgan fingerprint density at radius 3 is 2.50 bits per heavy atom. The van der Waals surface area contributed by atoms with Gasteiger partial charge in [-0.15, -0.1) is 5.10 Å². The predicted octanol–water partition coefficient (Wildman–Crippen LogP) is 2.27. The topological polar surface area (TPSA) is 119 Å². The molecule has 0 radical (unpaired) electrons. The Hall–Kier alpha value is -2.96. The first kappa shape index (κ1) is 23.7. The highest BCUT2D eigenvalue weighted by Gasteiger charge is 2.20. The molecule has 2 aromatic carbocycles. The van der Waals surface area contributed by atoms with Crippen LogP contribution < -0.4 is 10.1 Å². The highest BCUT2D eigenvalue weighted by molar-refractivity contribution is 7.99. The molecular weight excluding hydrogens is 452 g/mol. The van der Waals surface area contributed by atoms with E-state index in [1.54, 1.807) is 4.68 Å². The normalized spacial score (nSPS) is 11.6. The average Bonchev–Trinajstić information content (AvgIpc) is 3.20. The maximum absolute atomic E-state index is 12.6. The summed E-state index contributed by atoms with van der Waals surface area (Å²) >= 11 is 1.17. The number of nitrogens with one attached hydrogen (secondary N) is 1.